The summed E-state index contributed by atoms with van der Waals surface area (Å²) in [5.41, 5.74) is 0.166. The second-order valence-corrected chi connectivity index (χ2v) is 8.85. The van der Waals surface area contributed by atoms with Crippen molar-refractivity contribution in [3.8, 4) is 5.69 Å². The van der Waals surface area contributed by atoms with Gasteiger partial charge in [0.1, 0.15) is 11.6 Å². The van der Waals surface area contributed by atoms with E-state index in [1.807, 2.05) is 27.7 Å². The topological polar surface area (TPSA) is 67.2 Å². The summed E-state index contributed by atoms with van der Waals surface area (Å²) in [7, 11) is 1.67. The van der Waals surface area contributed by atoms with E-state index in [4.69, 9.17) is 16.6 Å². The van der Waals surface area contributed by atoms with Crippen LogP contribution in [0.4, 0.5) is 9.18 Å². The van der Waals surface area contributed by atoms with Crippen LogP contribution in [-0.4, -0.2) is 33.1 Å². The number of amides is 2. The average Bonchev–Trinajstić information content (AvgIpc) is 2.70. The molecule has 0 aliphatic carbocycles. The number of carbonyl (C=O) groups excluding carboxylic acids is 1. The molecule has 1 aromatic heterocycles. The lowest BCUT2D eigenvalue weighted by molar-refractivity contribution is 0.176. The van der Waals surface area contributed by atoms with Crippen LogP contribution in [0.2, 0.25) is 5.02 Å². The highest BCUT2D eigenvalue weighted by molar-refractivity contribution is 6.30. The van der Waals surface area contributed by atoms with Gasteiger partial charge in [-0.1, -0.05) is 30.7 Å². The van der Waals surface area contributed by atoms with Crippen LogP contribution in [0.15, 0.2) is 47.3 Å². The molecule has 1 atom stereocenters. The molecule has 1 heterocycles. The van der Waals surface area contributed by atoms with Crippen molar-refractivity contribution in [3.63, 3.8) is 0 Å². The highest BCUT2D eigenvalue weighted by Crippen LogP contribution is 2.27. The van der Waals surface area contributed by atoms with Gasteiger partial charge in [0.15, 0.2) is 0 Å². The second kappa shape index (κ2) is 8.67. The molecule has 0 aliphatic heterocycles. The van der Waals surface area contributed by atoms with Crippen molar-refractivity contribution in [1.82, 2.24) is 19.8 Å². The zero-order valence-electron chi connectivity index (χ0n) is 18.2. The first-order valence-electron chi connectivity index (χ1n) is 10.1. The first kappa shape index (κ1) is 22.7. The summed E-state index contributed by atoms with van der Waals surface area (Å²) < 4.78 is 15.2. The largest absolute Gasteiger partial charge is 0.333 e. The van der Waals surface area contributed by atoms with Gasteiger partial charge in [0, 0.05) is 12.6 Å². The quantitative estimate of drug-likeness (QED) is 0.611. The lowest BCUT2D eigenvalue weighted by Crippen LogP contribution is -2.48. The highest BCUT2D eigenvalue weighted by atomic mass is 35.5. The minimum Gasteiger partial charge on any atom is -0.333 e. The van der Waals surface area contributed by atoms with E-state index in [1.54, 1.807) is 31.3 Å². The lowest BCUT2D eigenvalue weighted by Gasteiger charge is -2.32. The Bertz CT molecular complexity index is 1190. The number of carbonyl (C=O) groups is 1. The molecular weight excluding hydrogens is 419 g/mol. The summed E-state index contributed by atoms with van der Waals surface area (Å²) in [6.07, 6.45) is 0.508. The van der Waals surface area contributed by atoms with Gasteiger partial charge in [-0.15, -0.1) is 0 Å². The Morgan fingerprint density at radius 3 is 2.55 bits per heavy atom. The number of urea groups is 1. The maximum Gasteiger partial charge on any atom is 0.318 e. The van der Waals surface area contributed by atoms with Crippen LogP contribution in [0.1, 0.15) is 46.0 Å². The van der Waals surface area contributed by atoms with E-state index in [-0.39, 0.29) is 16.6 Å². The van der Waals surface area contributed by atoms with E-state index in [0.717, 1.165) is 0 Å². The van der Waals surface area contributed by atoms with Gasteiger partial charge in [-0.05, 0) is 57.5 Å². The third kappa shape index (κ3) is 4.71. The summed E-state index contributed by atoms with van der Waals surface area (Å²) in [6, 6.07) is 10.3. The van der Waals surface area contributed by atoms with E-state index in [2.05, 4.69) is 5.32 Å². The fraction of sp³-hybridized carbons (Fsp3) is 0.348. The number of rotatable bonds is 4. The predicted molar refractivity (Wildman–Crippen MR) is 121 cm³/mol. The van der Waals surface area contributed by atoms with E-state index in [1.165, 1.54) is 27.7 Å². The zero-order chi connectivity index (χ0) is 22.9. The van der Waals surface area contributed by atoms with E-state index < -0.39 is 17.4 Å². The molecule has 0 aliphatic rings. The lowest BCUT2D eigenvalue weighted by atomic mass is 10.1. The van der Waals surface area contributed by atoms with Crippen molar-refractivity contribution in [1.29, 1.82) is 0 Å². The van der Waals surface area contributed by atoms with Gasteiger partial charge in [0.25, 0.3) is 5.56 Å². The summed E-state index contributed by atoms with van der Waals surface area (Å²) in [5, 5.41) is 3.25. The minimum atomic E-state index is -0.581. The van der Waals surface area contributed by atoms with Crippen LogP contribution < -0.4 is 10.9 Å². The first-order valence-corrected chi connectivity index (χ1v) is 10.4. The van der Waals surface area contributed by atoms with Crippen molar-refractivity contribution in [2.24, 2.45) is 0 Å². The summed E-state index contributed by atoms with van der Waals surface area (Å²) in [4.78, 5) is 32.6. The number of benzene rings is 2. The fourth-order valence-electron chi connectivity index (χ4n) is 3.43. The third-order valence-corrected chi connectivity index (χ3v) is 5.21. The Labute approximate surface area is 185 Å². The number of hydrogen-bond donors (Lipinski definition) is 1. The minimum absolute atomic E-state index is 0.101. The Balaban J connectivity index is 2.25. The van der Waals surface area contributed by atoms with E-state index in [9.17, 15) is 14.0 Å². The smallest absolute Gasteiger partial charge is 0.318 e. The first-order chi connectivity index (χ1) is 14.5. The number of nitrogens with zero attached hydrogens (tertiary/aromatic N) is 3. The molecule has 0 saturated carbocycles. The third-order valence-electron chi connectivity index (χ3n) is 4.92. The van der Waals surface area contributed by atoms with Gasteiger partial charge in [0.2, 0.25) is 0 Å². The molecule has 1 N–H and O–H groups in total. The monoisotopic (exact) mass is 444 g/mol. The van der Waals surface area contributed by atoms with Crippen LogP contribution in [0.3, 0.4) is 0 Å². The number of nitrogens with one attached hydrogen (secondary N) is 1. The fourth-order valence-corrected chi connectivity index (χ4v) is 3.60. The number of halogens is 2. The van der Waals surface area contributed by atoms with Crippen molar-refractivity contribution in [2.45, 2.75) is 45.7 Å². The van der Waals surface area contributed by atoms with Gasteiger partial charge in [-0.25, -0.2) is 14.2 Å². The van der Waals surface area contributed by atoms with Crippen LogP contribution in [0, 0.1) is 5.82 Å². The number of hydrogen-bond acceptors (Lipinski definition) is 3. The molecule has 31 heavy (non-hydrogen) atoms. The van der Waals surface area contributed by atoms with E-state index in [0.29, 0.717) is 28.8 Å². The molecule has 6 nitrogen and oxygen atoms in total. The molecule has 3 rings (SSSR count). The molecule has 0 fully saturated rings. The Morgan fingerprint density at radius 1 is 1.26 bits per heavy atom. The van der Waals surface area contributed by atoms with Crippen LogP contribution >= 0.6 is 11.6 Å². The molecular formula is C23H26ClFN4O2. The molecule has 2 aromatic carbocycles. The normalized spacial score (nSPS) is 12.6. The van der Waals surface area contributed by atoms with Gasteiger partial charge >= 0.3 is 6.03 Å². The summed E-state index contributed by atoms with van der Waals surface area (Å²) >= 11 is 6.00. The standard InChI is InChI=1S/C23H26ClFN4O2/c1-6-19(28(5)22(31)27-23(2,3)4)20-26-18-10-8-7-9-15(18)21(30)29(20)14-11-12-17(25)16(24)13-14/h7-13,19H,6H2,1-5H3,(H,27,31). The molecule has 0 spiro atoms. The predicted octanol–water partition coefficient (Wildman–Crippen LogP) is 5.07. The van der Waals surface area contributed by atoms with Crippen molar-refractivity contribution < 1.29 is 9.18 Å². The van der Waals surface area contributed by atoms with Crippen LogP contribution in [0.25, 0.3) is 16.6 Å². The van der Waals surface area contributed by atoms with Crippen molar-refractivity contribution in [2.75, 3.05) is 7.05 Å². The average molecular weight is 445 g/mol. The molecule has 2 amide bonds. The zero-order valence-corrected chi connectivity index (χ0v) is 19.0. The summed E-state index contributed by atoms with van der Waals surface area (Å²) in [6.45, 7) is 7.59. The summed E-state index contributed by atoms with van der Waals surface area (Å²) in [5.74, 6) is -0.206. The molecule has 0 radical (unpaired) electrons. The maximum atomic E-state index is 13.8. The number of aromatic nitrogens is 2. The SMILES string of the molecule is CCC(c1nc2ccccc2c(=O)n1-c1ccc(F)c(Cl)c1)N(C)C(=O)NC(C)(C)C. The van der Waals surface area contributed by atoms with E-state index >= 15 is 0 Å². The molecule has 1 unspecified atom stereocenters. The van der Waals surface area contributed by atoms with Crippen molar-refractivity contribution >= 4 is 28.5 Å². The molecule has 0 saturated heterocycles. The van der Waals surface area contributed by atoms with Gasteiger partial charge in [-0.3, -0.25) is 9.36 Å². The molecule has 3 aromatic rings. The van der Waals surface area contributed by atoms with Crippen LogP contribution in [-0.2, 0) is 0 Å². The molecule has 0 bridgehead atoms. The highest BCUT2D eigenvalue weighted by Gasteiger charge is 2.28. The number of para-hydroxylation sites is 1. The second-order valence-electron chi connectivity index (χ2n) is 8.44. The van der Waals surface area contributed by atoms with Gasteiger partial charge in [0.05, 0.1) is 27.7 Å². The molecule has 8 heteroatoms. The Hall–Kier alpha value is -2.93. The Kier molecular flexibility index (Phi) is 6.36. The van der Waals surface area contributed by atoms with Gasteiger partial charge < -0.3 is 10.2 Å². The maximum absolute atomic E-state index is 13.8. The van der Waals surface area contributed by atoms with Crippen molar-refractivity contribution in [3.05, 3.63) is 69.5 Å². The number of fused-ring (bicyclic) bond motifs is 1. The van der Waals surface area contributed by atoms with Crippen LogP contribution in [0.5, 0.6) is 0 Å². The Morgan fingerprint density at radius 2 is 1.94 bits per heavy atom. The molecule has 164 valence electrons. The van der Waals surface area contributed by atoms with Gasteiger partial charge in [-0.2, -0.15) is 0 Å².